The minimum atomic E-state index is -1.27. The molecule has 0 aromatic heterocycles. The number of likely N-dealkylation sites (N-methyl/N-ethyl adjacent to an activating group) is 4. The number of nitrogens with zero attached hydrogens (tertiary/aromatic N) is 8. The van der Waals surface area contributed by atoms with Crippen molar-refractivity contribution in [2.45, 2.75) is 0 Å². The summed E-state index contributed by atoms with van der Waals surface area (Å²) in [5.74, 6) is -9.36. The SMILES string of the molecule is CNC(=O)CN(CCN(CCN(CC(=O)O)CC(=O)N(C)CCN(C)C(=O)CN(CCN(CCN(CC(=O)O)CC(=O)NC)CC(=O)O)CC(=O)O)CC(=O)O)CC(=O)O. The van der Waals surface area contributed by atoms with Gasteiger partial charge >= 0.3 is 35.8 Å². The van der Waals surface area contributed by atoms with Crippen molar-refractivity contribution in [3.05, 3.63) is 0 Å². The normalized spacial score (nSPS) is 11.3. The van der Waals surface area contributed by atoms with Crippen LogP contribution in [0.1, 0.15) is 0 Å². The van der Waals surface area contributed by atoms with Crippen LogP contribution in [0.5, 0.6) is 0 Å². The molecule has 0 spiro atoms. The second-order valence-corrected chi connectivity index (χ2v) is 13.7. The molecule has 26 heteroatoms. The summed E-state index contributed by atoms with van der Waals surface area (Å²) in [4.78, 5) is 129. The highest BCUT2D eigenvalue weighted by atomic mass is 16.4. The Kier molecular flexibility index (Phi) is 26.9. The summed E-state index contributed by atoms with van der Waals surface area (Å²) in [5.41, 5.74) is 0. The van der Waals surface area contributed by atoms with Crippen LogP contribution in [0.15, 0.2) is 0 Å². The Labute approximate surface area is 346 Å². The Morgan fingerprint density at radius 1 is 0.317 bits per heavy atom. The van der Waals surface area contributed by atoms with E-state index in [2.05, 4.69) is 10.6 Å². The number of carbonyl (C=O) groups excluding carboxylic acids is 4. The molecule has 0 saturated heterocycles. The van der Waals surface area contributed by atoms with Gasteiger partial charge in [-0.25, -0.2) is 0 Å². The average molecular weight is 865 g/mol. The molecule has 0 unspecified atom stereocenters. The van der Waals surface area contributed by atoms with Crippen LogP contribution in [0.2, 0.25) is 0 Å². The molecular weight excluding hydrogens is 804 g/mol. The summed E-state index contributed by atoms with van der Waals surface area (Å²) in [6.07, 6.45) is 0. The Morgan fingerprint density at radius 2 is 0.517 bits per heavy atom. The molecule has 0 saturated carbocycles. The highest BCUT2D eigenvalue weighted by molar-refractivity contribution is 5.81. The fourth-order valence-electron chi connectivity index (χ4n) is 5.41. The van der Waals surface area contributed by atoms with Crippen LogP contribution in [0, 0.1) is 0 Å². The lowest BCUT2D eigenvalue weighted by molar-refractivity contribution is -0.142. The van der Waals surface area contributed by atoms with E-state index in [-0.39, 0.29) is 78.5 Å². The molecule has 8 N–H and O–H groups in total. The fraction of sp³-hybridized carbons (Fsp3) is 0.706. The van der Waals surface area contributed by atoms with E-state index in [9.17, 15) is 78.6 Å². The van der Waals surface area contributed by atoms with Crippen LogP contribution in [-0.2, 0) is 47.9 Å². The smallest absolute Gasteiger partial charge is 0.317 e. The number of hydrogen-bond acceptors (Lipinski definition) is 16. The summed E-state index contributed by atoms with van der Waals surface area (Å²) < 4.78 is 0. The molecule has 0 fully saturated rings. The minimum absolute atomic E-state index is 0.00388. The number of carbonyl (C=O) groups is 10. The Hall–Kier alpha value is -5.54. The molecule has 60 heavy (non-hydrogen) atoms. The lowest BCUT2D eigenvalue weighted by Gasteiger charge is -2.30. The van der Waals surface area contributed by atoms with Gasteiger partial charge in [-0.2, -0.15) is 0 Å². The maximum Gasteiger partial charge on any atom is 0.317 e. The average Bonchev–Trinajstić information content (AvgIpc) is 3.13. The molecule has 0 aliphatic rings. The molecular formula is C34H60N10O16. The maximum absolute atomic E-state index is 13.1. The highest BCUT2D eigenvalue weighted by Crippen LogP contribution is 2.02. The molecule has 0 bridgehead atoms. The molecule has 0 heterocycles. The number of rotatable bonds is 35. The largest absolute Gasteiger partial charge is 0.480 e. The minimum Gasteiger partial charge on any atom is -0.480 e. The van der Waals surface area contributed by atoms with Gasteiger partial charge in [0.05, 0.1) is 65.4 Å². The van der Waals surface area contributed by atoms with Gasteiger partial charge in [0, 0.05) is 93.6 Å². The molecule has 0 radical (unpaired) electrons. The number of carboxylic acid groups (broad SMARTS) is 6. The van der Waals surface area contributed by atoms with Crippen molar-refractivity contribution in [2.24, 2.45) is 0 Å². The quantitative estimate of drug-likeness (QED) is 0.0294. The topological polar surface area (TPSA) is 342 Å². The van der Waals surface area contributed by atoms with E-state index in [4.69, 9.17) is 0 Å². The molecule has 26 nitrogen and oxygen atoms in total. The molecule has 0 atom stereocenters. The first-order valence-corrected chi connectivity index (χ1v) is 18.6. The van der Waals surface area contributed by atoms with Gasteiger partial charge in [0.1, 0.15) is 0 Å². The van der Waals surface area contributed by atoms with Crippen molar-refractivity contribution >= 4 is 59.4 Å². The summed E-state index contributed by atoms with van der Waals surface area (Å²) in [6, 6.07) is 0. The van der Waals surface area contributed by atoms with Crippen LogP contribution >= 0.6 is 0 Å². The van der Waals surface area contributed by atoms with Crippen molar-refractivity contribution < 1.29 is 78.6 Å². The summed E-state index contributed by atoms with van der Waals surface area (Å²) in [6.45, 7) is -4.71. The molecule has 0 rings (SSSR count). The second kappa shape index (κ2) is 29.6. The highest BCUT2D eigenvalue weighted by Gasteiger charge is 2.24. The van der Waals surface area contributed by atoms with E-state index in [1.54, 1.807) is 0 Å². The zero-order valence-corrected chi connectivity index (χ0v) is 34.5. The zero-order chi connectivity index (χ0) is 45.9. The lowest BCUT2D eigenvalue weighted by Crippen LogP contribution is -2.48. The van der Waals surface area contributed by atoms with Crippen molar-refractivity contribution in [3.8, 4) is 0 Å². The standard InChI is InChI=1S/C34H60N10O16/c1-35-25(45)15-41(21-31(53)54)11-7-39(19-29(49)50)9-13-43(23-33(57)58)17-27(47)37(3)5-6-38(4)28(48)18-44(24-34(59)60)14-10-40(20-30(51)52)8-12-42(22-32(55)56)16-26(46)36-2/h5-24H2,1-4H3,(H,35,45)(H,36,46)(H,49,50)(H,51,52)(H,53,54)(H,55,56)(H,57,58)(H,59,60). The summed E-state index contributed by atoms with van der Waals surface area (Å²) in [7, 11) is 5.58. The van der Waals surface area contributed by atoms with Crippen molar-refractivity contribution in [2.75, 3.05) is 159 Å². The predicted molar refractivity (Wildman–Crippen MR) is 208 cm³/mol. The molecule has 0 aliphatic carbocycles. The van der Waals surface area contributed by atoms with Gasteiger partial charge in [0.25, 0.3) is 0 Å². The van der Waals surface area contributed by atoms with E-state index in [1.165, 1.54) is 67.4 Å². The summed E-state index contributed by atoms with van der Waals surface area (Å²) >= 11 is 0. The van der Waals surface area contributed by atoms with Gasteiger partial charge in [-0.1, -0.05) is 0 Å². The van der Waals surface area contributed by atoms with E-state index >= 15 is 0 Å². The molecule has 0 aromatic carbocycles. The van der Waals surface area contributed by atoms with Gasteiger partial charge < -0.3 is 51.1 Å². The van der Waals surface area contributed by atoms with E-state index in [0.717, 1.165) is 0 Å². The zero-order valence-electron chi connectivity index (χ0n) is 34.5. The van der Waals surface area contributed by atoms with Gasteiger partial charge in [0.15, 0.2) is 0 Å². The summed E-state index contributed by atoms with van der Waals surface area (Å²) in [5, 5.41) is 60.9. The monoisotopic (exact) mass is 864 g/mol. The third-order valence-corrected chi connectivity index (χ3v) is 8.72. The maximum atomic E-state index is 13.1. The Morgan fingerprint density at radius 3 is 0.733 bits per heavy atom. The first-order valence-electron chi connectivity index (χ1n) is 18.6. The molecule has 0 aromatic rings. The van der Waals surface area contributed by atoms with E-state index < -0.39 is 112 Å². The Balaban J connectivity index is 5.48. The van der Waals surface area contributed by atoms with Gasteiger partial charge in [-0.05, 0) is 0 Å². The fourth-order valence-corrected chi connectivity index (χ4v) is 5.41. The number of carboxylic acids is 6. The molecule has 0 aliphatic heterocycles. The van der Waals surface area contributed by atoms with E-state index in [1.807, 2.05) is 0 Å². The van der Waals surface area contributed by atoms with Crippen LogP contribution in [0.4, 0.5) is 0 Å². The molecule has 4 amide bonds. The van der Waals surface area contributed by atoms with Gasteiger partial charge in [-0.15, -0.1) is 0 Å². The van der Waals surface area contributed by atoms with Gasteiger partial charge in [-0.3, -0.25) is 77.3 Å². The number of amides is 4. The van der Waals surface area contributed by atoms with Crippen LogP contribution in [0.3, 0.4) is 0 Å². The number of hydrogen-bond donors (Lipinski definition) is 8. The van der Waals surface area contributed by atoms with Crippen LogP contribution < -0.4 is 10.6 Å². The lowest BCUT2D eigenvalue weighted by atomic mass is 10.3. The van der Waals surface area contributed by atoms with Crippen molar-refractivity contribution in [3.63, 3.8) is 0 Å². The first-order chi connectivity index (χ1) is 28.0. The number of nitrogens with one attached hydrogen (secondary N) is 2. The van der Waals surface area contributed by atoms with Gasteiger partial charge in [0.2, 0.25) is 23.6 Å². The predicted octanol–water partition coefficient (Wildman–Crippen LogP) is -6.29. The molecule has 342 valence electrons. The third kappa shape index (κ3) is 27.2. The third-order valence-electron chi connectivity index (χ3n) is 8.72. The van der Waals surface area contributed by atoms with Crippen molar-refractivity contribution in [1.29, 1.82) is 0 Å². The first kappa shape index (κ1) is 54.5. The second-order valence-electron chi connectivity index (χ2n) is 13.7. The number of aliphatic carboxylic acids is 6. The Bertz CT molecular complexity index is 1360. The van der Waals surface area contributed by atoms with Crippen LogP contribution in [0.25, 0.3) is 0 Å². The van der Waals surface area contributed by atoms with Crippen molar-refractivity contribution in [1.82, 2.24) is 49.8 Å². The van der Waals surface area contributed by atoms with E-state index in [0.29, 0.717) is 0 Å². The van der Waals surface area contributed by atoms with Crippen LogP contribution in [-0.4, -0.2) is 288 Å².